The van der Waals surface area contributed by atoms with Crippen LogP contribution in [0.2, 0.25) is 0 Å². The predicted molar refractivity (Wildman–Crippen MR) is 89.4 cm³/mol. The van der Waals surface area contributed by atoms with Crippen molar-refractivity contribution in [3.63, 3.8) is 0 Å². The number of nitrogens with one attached hydrogen (secondary N) is 1. The van der Waals surface area contributed by atoms with Crippen LogP contribution in [0.5, 0.6) is 0 Å². The van der Waals surface area contributed by atoms with Crippen LogP contribution in [0.1, 0.15) is 21.6 Å². The summed E-state index contributed by atoms with van der Waals surface area (Å²) in [5.41, 5.74) is 1.42. The maximum Gasteiger partial charge on any atom is 0.271 e. The van der Waals surface area contributed by atoms with Gasteiger partial charge in [0.05, 0.1) is 6.54 Å². The lowest BCUT2D eigenvalue weighted by Crippen LogP contribution is -2.29. The third-order valence-electron chi connectivity index (χ3n) is 3.55. The zero-order chi connectivity index (χ0) is 17.6. The molecule has 0 bridgehead atoms. The molecule has 0 aliphatic heterocycles. The summed E-state index contributed by atoms with van der Waals surface area (Å²) in [6.07, 6.45) is 3.28. The molecule has 0 unspecified atom stereocenters. The van der Waals surface area contributed by atoms with Crippen molar-refractivity contribution in [1.82, 2.24) is 20.1 Å². The van der Waals surface area contributed by atoms with Crippen molar-refractivity contribution >= 4 is 5.91 Å². The zero-order valence-electron chi connectivity index (χ0n) is 13.2. The molecular formula is C18H15FN4O2. The smallest absolute Gasteiger partial charge is 0.271 e. The van der Waals surface area contributed by atoms with Crippen LogP contribution in [0.15, 0.2) is 65.7 Å². The average molecular weight is 338 g/mol. The molecule has 1 N–H and O–H groups in total. The molecule has 0 atom stereocenters. The standard InChI is InChI=1S/C18H15FN4O2/c19-15-3-1-14(2-4-15)12-23-17(24)6-5-16(22-23)18(25)21-11-13-7-9-20-10-8-13/h1-10H,11-12H2,(H,21,25). The minimum Gasteiger partial charge on any atom is -0.347 e. The Morgan fingerprint density at radius 1 is 1.00 bits per heavy atom. The number of hydrogen-bond donors (Lipinski definition) is 1. The van der Waals surface area contributed by atoms with Gasteiger partial charge in [-0.2, -0.15) is 5.10 Å². The number of halogens is 1. The van der Waals surface area contributed by atoms with Gasteiger partial charge in [0.25, 0.3) is 11.5 Å². The quantitative estimate of drug-likeness (QED) is 0.769. The molecule has 0 spiro atoms. The third kappa shape index (κ3) is 4.35. The van der Waals surface area contributed by atoms with Crippen LogP contribution in [0.3, 0.4) is 0 Å². The Morgan fingerprint density at radius 2 is 1.72 bits per heavy atom. The number of rotatable bonds is 5. The Labute approximate surface area is 143 Å². The number of amides is 1. The van der Waals surface area contributed by atoms with Crippen molar-refractivity contribution in [2.24, 2.45) is 0 Å². The van der Waals surface area contributed by atoms with Gasteiger partial charge in [-0.05, 0) is 41.5 Å². The molecule has 0 radical (unpaired) electrons. The highest BCUT2D eigenvalue weighted by Crippen LogP contribution is 2.04. The van der Waals surface area contributed by atoms with Gasteiger partial charge in [0.2, 0.25) is 0 Å². The minimum absolute atomic E-state index is 0.135. The van der Waals surface area contributed by atoms with E-state index in [0.717, 1.165) is 5.56 Å². The van der Waals surface area contributed by atoms with Crippen LogP contribution in [0.25, 0.3) is 0 Å². The van der Waals surface area contributed by atoms with E-state index in [2.05, 4.69) is 15.4 Å². The van der Waals surface area contributed by atoms with Gasteiger partial charge in [0.15, 0.2) is 0 Å². The van der Waals surface area contributed by atoms with Crippen LogP contribution < -0.4 is 10.9 Å². The molecule has 3 rings (SSSR count). The highest BCUT2D eigenvalue weighted by atomic mass is 19.1. The molecule has 25 heavy (non-hydrogen) atoms. The molecule has 2 heterocycles. The van der Waals surface area contributed by atoms with Crippen molar-refractivity contribution < 1.29 is 9.18 Å². The minimum atomic E-state index is -0.385. The third-order valence-corrected chi connectivity index (χ3v) is 3.55. The lowest BCUT2D eigenvalue weighted by molar-refractivity contribution is 0.0943. The van der Waals surface area contributed by atoms with Crippen LogP contribution in [-0.4, -0.2) is 20.7 Å². The molecule has 0 fully saturated rings. The highest BCUT2D eigenvalue weighted by molar-refractivity contribution is 5.91. The SMILES string of the molecule is O=C(NCc1ccncc1)c1ccc(=O)n(Cc2ccc(F)cc2)n1. The largest absolute Gasteiger partial charge is 0.347 e. The Kier molecular flexibility index (Phi) is 4.94. The first-order valence-electron chi connectivity index (χ1n) is 7.61. The molecule has 2 aromatic heterocycles. The maximum atomic E-state index is 13.0. The van der Waals surface area contributed by atoms with E-state index in [9.17, 15) is 14.0 Å². The second-order valence-electron chi connectivity index (χ2n) is 5.38. The van der Waals surface area contributed by atoms with Crippen LogP contribution in [0, 0.1) is 5.82 Å². The van der Waals surface area contributed by atoms with E-state index in [-0.39, 0.29) is 29.5 Å². The first-order chi connectivity index (χ1) is 12.1. The summed E-state index contributed by atoms with van der Waals surface area (Å²) in [5, 5.41) is 6.83. The van der Waals surface area contributed by atoms with E-state index in [1.165, 1.54) is 28.9 Å². The fraction of sp³-hybridized carbons (Fsp3) is 0.111. The molecule has 3 aromatic rings. The summed E-state index contributed by atoms with van der Waals surface area (Å²) in [4.78, 5) is 28.1. The van der Waals surface area contributed by atoms with Gasteiger partial charge in [0, 0.05) is 25.0 Å². The van der Waals surface area contributed by atoms with Gasteiger partial charge in [-0.3, -0.25) is 14.6 Å². The van der Waals surface area contributed by atoms with E-state index >= 15 is 0 Å². The molecule has 6 nitrogen and oxygen atoms in total. The number of pyridine rings is 1. The number of benzene rings is 1. The molecule has 126 valence electrons. The average Bonchev–Trinajstić information content (AvgIpc) is 2.64. The van der Waals surface area contributed by atoms with E-state index in [4.69, 9.17) is 0 Å². The molecule has 1 aromatic carbocycles. The molecular weight excluding hydrogens is 323 g/mol. The van der Waals surface area contributed by atoms with Crippen molar-refractivity contribution in [3.8, 4) is 0 Å². The summed E-state index contributed by atoms with van der Waals surface area (Å²) in [7, 11) is 0. The first-order valence-corrected chi connectivity index (χ1v) is 7.61. The number of carbonyl (C=O) groups is 1. The Bertz CT molecular complexity index is 924. The number of hydrogen-bond acceptors (Lipinski definition) is 4. The lowest BCUT2D eigenvalue weighted by Gasteiger charge is -2.08. The predicted octanol–water partition coefficient (Wildman–Crippen LogP) is 1.76. The van der Waals surface area contributed by atoms with Crippen molar-refractivity contribution in [2.75, 3.05) is 0 Å². The molecule has 1 amide bonds. The van der Waals surface area contributed by atoms with E-state index < -0.39 is 0 Å². The second kappa shape index (κ2) is 7.48. The van der Waals surface area contributed by atoms with E-state index in [1.54, 1.807) is 36.7 Å². The molecule has 0 saturated heterocycles. The van der Waals surface area contributed by atoms with Gasteiger partial charge in [-0.25, -0.2) is 9.07 Å². The summed E-state index contributed by atoms with van der Waals surface area (Å²) in [6.45, 7) is 0.491. The van der Waals surface area contributed by atoms with Crippen LogP contribution in [-0.2, 0) is 13.1 Å². The molecule has 0 saturated carbocycles. The van der Waals surface area contributed by atoms with Gasteiger partial charge in [-0.15, -0.1) is 0 Å². The number of carbonyl (C=O) groups excluding carboxylic acids is 1. The van der Waals surface area contributed by atoms with Crippen molar-refractivity contribution in [3.05, 3.63) is 93.9 Å². The van der Waals surface area contributed by atoms with Crippen molar-refractivity contribution in [2.45, 2.75) is 13.1 Å². The van der Waals surface area contributed by atoms with Crippen LogP contribution in [0.4, 0.5) is 4.39 Å². The van der Waals surface area contributed by atoms with Gasteiger partial charge >= 0.3 is 0 Å². The topological polar surface area (TPSA) is 76.9 Å². The molecule has 0 aliphatic carbocycles. The summed E-state index contributed by atoms with van der Waals surface area (Å²) >= 11 is 0. The normalized spacial score (nSPS) is 10.4. The number of nitrogens with zero attached hydrogens (tertiary/aromatic N) is 3. The van der Waals surface area contributed by atoms with E-state index in [0.29, 0.717) is 12.1 Å². The lowest BCUT2D eigenvalue weighted by atomic mass is 10.2. The zero-order valence-corrected chi connectivity index (χ0v) is 13.2. The Morgan fingerprint density at radius 3 is 2.44 bits per heavy atom. The van der Waals surface area contributed by atoms with Gasteiger partial charge in [-0.1, -0.05) is 12.1 Å². The second-order valence-corrected chi connectivity index (χ2v) is 5.38. The fourth-order valence-electron chi connectivity index (χ4n) is 2.22. The Hall–Kier alpha value is -3.35. The summed E-state index contributed by atoms with van der Waals surface area (Å²) in [5.74, 6) is -0.738. The first kappa shape index (κ1) is 16.5. The maximum absolute atomic E-state index is 13.0. The van der Waals surface area contributed by atoms with Crippen LogP contribution >= 0.6 is 0 Å². The highest BCUT2D eigenvalue weighted by Gasteiger charge is 2.10. The summed E-state index contributed by atoms with van der Waals surface area (Å²) in [6, 6.07) is 12.0. The molecule has 7 heteroatoms. The number of aromatic nitrogens is 3. The Balaban J connectivity index is 1.73. The summed E-state index contributed by atoms with van der Waals surface area (Å²) < 4.78 is 14.1. The molecule has 0 aliphatic rings. The monoisotopic (exact) mass is 338 g/mol. The van der Waals surface area contributed by atoms with Crippen molar-refractivity contribution in [1.29, 1.82) is 0 Å². The van der Waals surface area contributed by atoms with Gasteiger partial charge in [0.1, 0.15) is 11.5 Å². The van der Waals surface area contributed by atoms with Gasteiger partial charge < -0.3 is 5.32 Å². The fourth-order valence-corrected chi connectivity index (χ4v) is 2.22. The van der Waals surface area contributed by atoms with E-state index in [1.807, 2.05) is 0 Å².